The van der Waals surface area contributed by atoms with Crippen molar-refractivity contribution in [3.8, 4) is 5.75 Å². The summed E-state index contributed by atoms with van der Waals surface area (Å²) in [5, 5.41) is 12.0. The number of halogens is 1. The van der Waals surface area contributed by atoms with Crippen LogP contribution in [0.25, 0.3) is 0 Å². The van der Waals surface area contributed by atoms with E-state index in [1.807, 2.05) is 19.1 Å². The summed E-state index contributed by atoms with van der Waals surface area (Å²) < 4.78 is 5.62. The molecular formula is C13H19ClN2O3. The largest absolute Gasteiger partial charge is 0.487 e. The molecule has 0 spiro atoms. The van der Waals surface area contributed by atoms with Crippen molar-refractivity contribution in [1.29, 1.82) is 0 Å². The molecular weight excluding hydrogens is 268 g/mol. The molecule has 19 heavy (non-hydrogen) atoms. The molecule has 0 saturated carbocycles. The maximum atomic E-state index is 11.6. The van der Waals surface area contributed by atoms with Crippen molar-refractivity contribution in [2.45, 2.75) is 13.0 Å². The molecule has 2 amide bonds. The van der Waals surface area contributed by atoms with Gasteiger partial charge in [-0.3, -0.25) is 0 Å². The molecule has 0 bridgehead atoms. The number of nitrogens with zero attached hydrogens (tertiary/aromatic N) is 1. The Hall–Kier alpha value is -1.46. The summed E-state index contributed by atoms with van der Waals surface area (Å²) in [6.07, 6.45) is -0.202. The number of hydrogen-bond acceptors (Lipinski definition) is 3. The summed E-state index contributed by atoms with van der Waals surface area (Å²) >= 11 is 5.97. The molecule has 1 rings (SSSR count). The first-order valence-electron chi connectivity index (χ1n) is 6.05. The zero-order valence-corrected chi connectivity index (χ0v) is 11.9. The number of aliphatic hydroxyl groups excluding tert-OH is 1. The molecule has 1 atom stereocenters. The lowest BCUT2D eigenvalue weighted by molar-refractivity contribution is 0.178. The summed E-state index contributed by atoms with van der Waals surface area (Å²) in [7, 11) is 1.62. The van der Waals surface area contributed by atoms with Crippen LogP contribution in [0.2, 0.25) is 5.02 Å². The quantitative estimate of drug-likeness (QED) is 0.837. The Balaban J connectivity index is 2.38. The SMILES string of the molecule is CC(CNC(=O)N(C)CCO)Oc1ccccc1Cl. The third-order valence-corrected chi connectivity index (χ3v) is 2.80. The number of para-hydroxylation sites is 1. The Morgan fingerprint density at radius 3 is 2.84 bits per heavy atom. The lowest BCUT2D eigenvalue weighted by atomic mass is 10.3. The number of ether oxygens (including phenoxy) is 1. The molecule has 0 saturated heterocycles. The van der Waals surface area contributed by atoms with Gasteiger partial charge in [0.25, 0.3) is 0 Å². The van der Waals surface area contributed by atoms with Crippen molar-refractivity contribution in [1.82, 2.24) is 10.2 Å². The highest BCUT2D eigenvalue weighted by Gasteiger charge is 2.11. The smallest absolute Gasteiger partial charge is 0.317 e. The van der Waals surface area contributed by atoms with Crippen LogP contribution >= 0.6 is 11.6 Å². The van der Waals surface area contributed by atoms with E-state index in [1.165, 1.54) is 4.90 Å². The van der Waals surface area contributed by atoms with E-state index in [-0.39, 0.29) is 18.7 Å². The van der Waals surface area contributed by atoms with E-state index in [0.717, 1.165) is 0 Å². The first-order chi connectivity index (χ1) is 9.04. The molecule has 0 aliphatic heterocycles. The van der Waals surface area contributed by atoms with Gasteiger partial charge in [0.15, 0.2) is 0 Å². The maximum Gasteiger partial charge on any atom is 0.317 e. The molecule has 0 aliphatic rings. The summed E-state index contributed by atoms with van der Waals surface area (Å²) in [4.78, 5) is 13.0. The standard InChI is InChI=1S/C13H19ClN2O3/c1-10(9-15-13(18)16(2)7-8-17)19-12-6-4-3-5-11(12)14/h3-6,10,17H,7-9H2,1-2H3,(H,15,18). The van der Waals surface area contributed by atoms with Crippen LogP contribution in [0, 0.1) is 0 Å². The van der Waals surface area contributed by atoms with Crippen molar-refractivity contribution in [3.63, 3.8) is 0 Å². The van der Waals surface area contributed by atoms with Gasteiger partial charge in [0.2, 0.25) is 0 Å². The molecule has 0 radical (unpaired) electrons. The van der Waals surface area contributed by atoms with E-state index in [0.29, 0.717) is 23.9 Å². The number of carbonyl (C=O) groups excluding carboxylic acids is 1. The minimum Gasteiger partial charge on any atom is -0.487 e. The average Bonchev–Trinajstić information content (AvgIpc) is 2.39. The van der Waals surface area contributed by atoms with Gasteiger partial charge < -0.3 is 20.1 Å². The van der Waals surface area contributed by atoms with E-state index in [9.17, 15) is 4.79 Å². The molecule has 0 aliphatic carbocycles. The summed E-state index contributed by atoms with van der Waals surface area (Å²) in [6.45, 7) is 2.44. The molecule has 106 valence electrons. The third kappa shape index (κ3) is 5.36. The van der Waals surface area contributed by atoms with Crippen molar-refractivity contribution < 1.29 is 14.6 Å². The number of aliphatic hydroxyl groups is 1. The number of nitrogens with one attached hydrogen (secondary N) is 1. The van der Waals surface area contributed by atoms with Crippen LogP contribution < -0.4 is 10.1 Å². The van der Waals surface area contributed by atoms with Gasteiger partial charge in [0.05, 0.1) is 18.2 Å². The van der Waals surface area contributed by atoms with E-state index in [1.54, 1.807) is 19.2 Å². The monoisotopic (exact) mass is 286 g/mol. The first-order valence-corrected chi connectivity index (χ1v) is 6.43. The number of urea groups is 1. The van der Waals surface area contributed by atoms with Crippen LogP contribution in [-0.2, 0) is 0 Å². The molecule has 5 nitrogen and oxygen atoms in total. The van der Waals surface area contributed by atoms with Crippen LogP contribution in [0.4, 0.5) is 4.79 Å². The fourth-order valence-corrected chi connectivity index (χ4v) is 1.60. The molecule has 6 heteroatoms. The Morgan fingerprint density at radius 2 is 2.21 bits per heavy atom. The van der Waals surface area contributed by atoms with Crippen LogP contribution in [-0.4, -0.2) is 48.9 Å². The van der Waals surface area contributed by atoms with E-state index in [2.05, 4.69) is 5.32 Å². The van der Waals surface area contributed by atoms with Crippen LogP contribution in [0.5, 0.6) is 5.75 Å². The normalized spacial score (nSPS) is 11.8. The van der Waals surface area contributed by atoms with Gasteiger partial charge >= 0.3 is 6.03 Å². The lowest BCUT2D eigenvalue weighted by Gasteiger charge is -2.20. The second-order valence-corrected chi connectivity index (χ2v) is 4.60. The van der Waals surface area contributed by atoms with Crippen LogP contribution in [0.15, 0.2) is 24.3 Å². The molecule has 1 aromatic rings. The minimum absolute atomic E-state index is 0.0599. The van der Waals surface area contributed by atoms with Crippen molar-refractivity contribution >= 4 is 17.6 Å². The van der Waals surface area contributed by atoms with Gasteiger partial charge in [-0.05, 0) is 19.1 Å². The Labute approximate surface area is 118 Å². The second kappa shape index (κ2) is 7.86. The van der Waals surface area contributed by atoms with E-state index >= 15 is 0 Å². The predicted octanol–water partition coefficient (Wildman–Crippen LogP) is 1.74. The molecule has 1 unspecified atom stereocenters. The van der Waals surface area contributed by atoms with Gasteiger partial charge in [0.1, 0.15) is 11.9 Å². The third-order valence-electron chi connectivity index (χ3n) is 2.49. The zero-order valence-electron chi connectivity index (χ0n) is 11.1. The number of rotatable bonds is 6. The van der Waals surface area contributed by atoms with Crippen molar-refractivity contribution in [2.75, 3.05) is 26.7 Å². The van der Waals surface area contributed by atoms with Gasteiger partial charge in [-0.15, -0.1) is 0 Å². The molecule has 0 fully saturated rings. The number of carbonyl (C=O) groups is 1. The lowest BCUT2D eigenvalue weighted by Crippen LogP contribution is -2.42. The summed E-state index contributed by atoms with van der Waals surface area (Å²) in [5.41, 5.74) is 0. The number of likely N-dealkylation sites (N-methyl/N-ethyl adjacent to an activating group) is 1. The fraction of sp³-hybridized carbons (Fsp3) is 0.462. The van der Waals surface area contributed by atoms with Gasteiger partial charge in [0, 0.05) is 13.6 Å². The van der Waals surface area contributed by atoms with Gasteiger partial charge in [-0.1, -0.05) is 23.7 Å². The highest BCUT2D eigenvalue weighted by atomic mass is 35.5. The topological polar surface area (TPSA) is 61.8 Å². The fourth-order valence-electron chi connectivity index (χ4n) is 1.42. The molecule has 0 aromatic heterocycles. The number of hydrogen-bond donors (Lipinski definition) is 2. The first kappa shape index (κ1) is 15.6. The zero-order chi connectivity index (χ0) is 14.3. The number of benzene rings is 1. The number of amides is 2. The highest BCUT2D eigenvalue weighted by molar-refractivity contribution is 6.32. The van der Waals surface area contributed by atoms with Gasteiger partial charge in [-0.25, -0.2) is 4.79 Å². The highest BCUT2D eigenvalue weighted by Crippen LogP contribution is 2.23. The molecule has 0 heterocycles. The van der Waals surface area contributed by atoms with Crippen LogP contribution in [0.1, 0.15) is 6.92 Å². The van der Waals surface area contributed by atoms with E-state index < -0.39 is 0 Å². The van der Waals surface area contributed by atoms with Crippen molar-refractivity contribution in [3.05, 3.63) is 29.3 Å². The van der Waals surface area contributed by atoms with Gasteiger partial charge in [-0.2, -0.15) is 0 Å². The second-order valence-electron chi connectivity index (χ2n) is 4.19. The summed E-state index contributed by atoms with van der Waals surface area (Å²) in [5.74, 6) is 0.592. The minimum atomic E-state index is -0.247. The van der Waals surface area contributed by atoms with Crippen molar-refractivity contribution in [2.24, 2.45) is 0 Å². The Bertz CT molecular complexity index is 415. The molecule has 2 N–H and O–H groups in total. The average molecular weight is 287 g/mol. The Morgan fingerprint density at radius 1 is 1.53 bits per heavy atom. The molecule has 1 aromatic carbocycles. The summed E-state index contributed by atoms with van der Waals surface area (Å²) in [6, 6.07) is 6.94. The van der Waals surface area contributed by atoms with Crippen LogP contribution in [0.3, 0.4) is 0 Å². The predicted molar refractivity (Wildman–Crippen MR) is 74.7 cm³/mol. The maximum absolute atomic E-state index is 11.6. The Kier molecular flexibility index (Phi) is 6.45. The van der Waals surface area contributed by atoms with E-state index in [4.69, 9.17) is 21.4 Å².